The van der Waals surface area contributed by atoms with Crippen LogP contribution in [0.5, 0.6) is 0 Å². The van der Waals surface area contributed by atoms with Crippen LogP contribution in [0.1, 0.15) is 33.3 Å². The van der Waals surface area contributed by atoms with Crippen LogP contribution in [0.25, 0.3) is 0 Å². The number of hydrogen-bond donors (Lipinski definition) is 2. The van der Waals surface area contributed by atoms with Gasteiger partial charge in [0.2, 0.25) is 0 Å². The molecule has 0 heterocycles. The van der Waals surface area contributed by atoms with Crippen molar-refractivity contribution in [1.82, 2.24) is 0 Å². The summed E-state index contributed by atoms with van der Waals surface area (Å²) in [5, 5.41) is 12.0. The third kappa shape index (κ3) is 3.62. The smallest absolute Gasteiger partial charge is 0.172 e. The van der Waals surface area contributed by atoms with E-state index in [4.69, 9.17) is 10.9 Å². The lowest BCUT2D eigenvalue weighted by atomic mass is 9.86. The zero-order chi connectivity index (χ0) is 14.8. The van der Waals surface area contributed by atoms with Crippen LogP contribution in [0, 0.1) is 5.41 Å². The van der Waals surface area contributed by atoms with Gasteiger partial charge in [-0.1, -0.05) is 41.9 Å². The van der Waals surface area contributed by atoms with E-state index in [-0.39, 0.29) is 11.3 Å². The molecular formula is C14H22BrN3O. The molecule has 19 heavy (non-hydrogen) atoms. The van der Waals surface area contributed by atoms with Crippen molar-refractivity contribution >= 4 is 27.5 Å². The molecule has 0 bridgehead atoms. The van der Waals surface area contributed by atoms with Crippen molar-refractivity contribution in [3.8, 4) is 0 Å². The van der Waals surface area contributed by atoms with E-state index in [2.05, 4.69) is 53.7 Å². The fraction of sp³-hybridized carbons (Fsp3) is 0.500. The van der Waals surface area contributed by atoms with E-state index in [1.165, 1.54) is 0 Å². The number of nitrogens with zero attached hydrogens (tertiary/aromatic N) is 2. The summed E-state index contributed by atoms with van der Waals surface area (Å²) in [6.07, 6.45) is 0. The van der Waals surface area contributed by atoms with Crippen molar-refractivity contribution in [2.45, 2.75) is 33.7 Å². The summed E-state index contributed by atoms with van der Waals surface area (Å²) in [4.78, 5) is 2.15. The predicted octanol–water partition coefficient (Wildman–Crippen LogP) is 3.41. The zero-order valence-corrected chi connectivity index (χ0v) is 13.7. The first-order valence-corrected chi connectivity index (χ1v) is 6.98. The van der Waals surface area contributed by atoms with E-state index in [1.54, 1.807) is 0 Å². The number of hydrogen-bond acceptors (Lipinski definition) is 3. The van der Waals surface area contributed by atoms with Crippen LogP contribution in [0.2, 0.25) is 0 Å². The minimum atomic E-state index is 0.115. The van der Waals surface area contributed by atoms with Gasteiger partial charge in [-0.15, -0.1) is 0 Å². The first-order chi connectivity index (χ1) is 8.68. The van der Waals surface area contributed by atoms with Gasteiger partial charge in [-0.2, -0.15) is 0 Å². The molecule has 0 aliphatic heterocycles. The van der Waals surface area contributed by atoms with Crippen LogP contribution in [0.3, 0.4) is 0 Å². The van der Waals surface area contributed by atoms with Gasteiger partial charge in [0.05, 0.1) is 0 Å². The number of nitrogens with two attached hydrogens (primary N) is 1. The summed E-state index contributed by atoms with van der Waals surface area (Å²) in [6, 6.07) is 6.09. The topological polar surface area (TPSA) is 61.8 Å². The molecule has 1 aromatic carbocycles. The highest BCUT2D eigenvalue weighted by atomic mass is 79.9. The number of anilines is 1. The summed E-state index contributed by atoms with van der Waals surface area (Å²) in [6.45, 7) is 8.74. The second-order valence-corrected chi connectivity index (χ2v) is 6.72. The second-order valence-electron chi connectivity index (χ2n) is 5.80. The van der Waals surface area contributed by atoms with E-state index in [9.17, 15) is 0 Å². The zero-order valence-electron chi connectivity index (χ0n) is 12.1. The van der Waals surface area contributed by atoms with Crippen LogP contribution in [0.4, 0.5) is 5.69 Å². The number of benzene rings is 1. The molecule has 1 atom stereocenters. The monoisotopic (exact) mass is 327 g/mol. The van der Waals surface area contributed by atoms with Crippen LogP contribution >= 0.6 is 15.9 Å². The highest BCUT2D eigenvalue weighted by molar-refractivity contribution is 9.10. The molecule has 0 radical (unpaired) electrons. The van der Waals surface area contributed by atoms with E-state index in [0.717, 1.165) is 15.7 Å². The molecule has 0 saturated heterocycles. The molecule has 0 aliphatic carbocycles. The molecular weight excluding hydrogens is 306 g/mol. The van der Waals surface area contributed by atoms with Gasteiger partial charge in [0.1, 0.15) is 0 Å². The Bertz CT molecular complexity index is 480. The largest absolute Gasteiger partial charge is 0.409 e. The first-order valence-electron chi connectivity index (χ1n) is 6.18. The van der Waals surface area contributed by atoms with Gasteiger partial charge in [0.25, 0.3) is 0 Å². The number of rotatable bonds is 3. The number of amidine groups is 1. The Morgan fingerprint density at radius 2 is 2.00 bits per heavy atom. The molecule has 106 valence electrons. The van der Waals surface area contributed by atoms with E-state index < -0.39 is 0 Å². The molecule has 0 spiro atoms. The third-order valence-electron chi connectivity index (χ3n) is 3.56. The standard InChI is InChI=1S/C14H22BrN3O/c1-9(14(2,3)4)18(5)12-7-6-10(15)8-11(12)13(16)17-19/h6-9,19H,1-5H3,(H2,16,17). The van der Waals surface area contributed by atoms with Crippen molar-refractivity contribution in [1.29, 1.82) is 0 Å². The van der Waals surface area contributed by atoms with E-state index in [0.29, 0.717) is 6.04 Å². The quantitative estimate of drug-likeness (QED) is 0.387. The van der Waals surface area contributed by atoms with Gasteiger partial charge in [0, 0.05) is 28.8 Å². The van der Waals surface area contributed by atoms with E-state index >= 15 is 0 Å². The average molecular weight is 328 g/mol. The molecule has 1 rings (SSSR count). The molecule has 0 aromatic heterocycles. The molecule has 1 aromatic rings. The van der Waals surface area contributed by atoms with Gasteiger partial charge in [-0.25, -0.2) is 0 Å². The molecule has 0 saturated carbocycles. The molecule has 3 N–H and O–H groups in total. The minimum Gasteiger partial charge on any atom is -0.409 e. The Morgan fingerprint density at radius 1 is 1.42 bits per heavy atom. The van der Waals surface area contributed by atoms with Crippen LogP contribution in [-0.2, 0) is 0 Å². The average Bonchev–Trinajstić information content (AvgIpc) is 2.34. The fourth-order valence-electron chi connectivity index (χ4n) is 1.86. The summed E-state index contributed by atoms with van der Waals surface area (Å²) < 4.78 is 0.898. The number of oxime groups is 1. The lowest BCUT2D eigenvalue weighted by molar-refractivity contribution is 0.318. The van der Waals surface area contributed by atoms with Crippen molar-refractivity contribution in [3.05, 3.63) is 28.2 Å². The molecule has 0 amide bonds. The van der Waals surface area contributed by atoms with Crippen molar-refractivity contribution in [3.63, 3.8) is 0 Å². The van der Waals surface area contributed by atoms with E-state index in [1.807, 2.05) is 25.2 Å². The SMILES string of the molecule is CC(N(C)c1ccc(Br)cc1/C(N)=N/O)C(C)(C)C. The summed E-state index contributed by atoms with van der Waals surface area (Å²) >= 11 is 3.41. The highest BCUT2D eigenvalue weighted by Gasteiger charge is 2.26. The lowest BCUT2D eigenvalue weighted by Gasteiger charge is -2.37. The maximum Gasteiger partial charge on any atom is 0.172 e. The van der Waals surface area contributed by atoms with Gasteiger partial charge in [-0.3, -0.25) is 0 Å². The van der Waals surface area contributed by atoms with Gasteiger partial charge in [-0.05, 0) is 30.5 Å². The fourth-order valence-corrected chi connectivity index (χ4v) is 2.23. The Morgan fingerprint density at radius 3 is 2.47 bits per heavy atom. The van der Waals surface area contributed by atoms with Crippen molar-refractivity contribution in [2.75, 3.05) is 11.9 Å². The Kier molecular flexibility index (Phi) is 4.85. The first kappa shape index (κ1) is 15.8. The van der Waals surface area contributed by atoms with Crippen molar-refractivity contribution in [2.24, 2.45) is 16.3 Å². The summed E-state index contributed by atoms with van der Waals surface area (Å²) in [5.41, 5.74) is 7.56. The molecule has 4 nitrogen and oxygen atoms in total. The Balaban J connectivity index is 3.27. The molecule has 1 unspecified atom stereocenters. The number of halogens is 1. The summed E-state index contributed by atoms with van der Waals surface area (Å²) in [7, 11) is 2.02. The molecule has 0 aliphatic rings. The lowest BCUT2D eigenvalue weighted by Crippen LogP contribution is -2.40. The summed E-state index contributed by atoms with van der Waals surface area (Å²) in [5.74, 6) is 0.115. The normalized spacial score (nSPS) is 14.3. The molecule has 0 fully saturated rings. The van der Waals surface area contributed by atoms with Gasteiger partial charge >= 0.3 is 0 Å². The highest BCUT2D eigenvalue weighted by Crippen LogP contribution is 2.30. The maximum atomic E-state index is 8.91. The van der Waals surface area contributed by atoms with Gasteiger partial charge < -0.3 is 15.8 Å². The van der Waals surface area contributed by atoms with Gasteiger partial charge in [0.15, 0.2) is 5.84 Å². The van der Waals surface area contributed by atoms with Crippen LogP contribution in [-0.4, -0.2) is 24.1 Å². The predicted molar refractivity (Wildman–Crippen MR) is 84.0 cm³/mol. The van der Waals surface area contributed by atoms with Crippen LogP contribution < -0.4 is 10.6 Å². The minimum absolute atomic E-state index is 0.115. The third-order valence-corrected chi connectivity index (χ3v) is 4.05. The Hall–Kier alpha value is -1.23. The second kappa shape index (κ2) is 5.82. The Labute approximate surface area is 123 Å². The van der Waals surface area contributed by atoms with Crippen LogP contribution in [0.15, 0.2) is 27.8 Å². The molecule has 5 heteroatoms. The van der Waals surface area contributed by atoms with Crippen molar-refractivity contribution < 1.29 is 5.21 Å². The maximum absolute atomic E-state index is 8.91.